The van der Waals surface area contributed by atoms with Gasteiger partial charge < -0.3 is 22.1 Å². The molecule has 1 aliphatic heterocycles. The summed E-state index contributed by atoms with van der Waals surface area (Å²) in [6.07, 6.45) is 1.85. The summed E-state index contributed by atoms with van der Waals surface area (Å²) in [7, 11) is 1.91. The normalized spacial score (nSPS) is 13.4. The van der Waals surface area contributed by atoms with Gasteiger partial charge in [-0.05, 0) is 0 Å². The van der Waals surface area contributed by atoms with E-state index < -0.39 is 0 Å². The van der Waals surface area contributed by atoms with E-state index in [1.807, 2.05) is 47.3 Å². The minimum Gasteiger partial charge on any atom is -0.363 e. The minimum atomic E-state index is 0. The molecule has 0 atom stereocenters. The SMILES string of the molecule is [C-]#[N+]C1=CN(c2[c-]cccc2)CN1C.[CH3-].[Rh+2]. The van der Waals surface area contributed by atoms with Gasteiger partial charge in [0, 0.05) is 6.20 Å². The first-order chi connectivity index (χ1) is 6.81. The van der Waals surface area contributed by atoms with Crippen molar-refractivity contribution in [3.8, 4) is 0 Å². The molecule has 3 nitrogen and oxygen atoms in total. The zero-order valence-corrected chi connectivity index (χ0v) is 10.9. The predicted octanol–water partition coefficient (Wildman–Crippen LogP) is 2.36. The van der Waals surface area contributed by atoms with Gasteiger partial charge in [-0.2, -0.15) is 24.3 Å². The predicted molar refractivity (Wildman–Crippen MR) is 61.5 cm³/mol. The monoisotopic (exact) mass is 302 g/mol. The number of benzene rings is 1. The second-order valence-electron chi connectivity index (χ2n) is 3.16. The van der Waals surface area contributed by atoms with Gasteiger partial charge in [0.1, 0.15) is 6.67 Å². The molecule has 1 aliphatic rings. The topological polar surface area (TPSA) is 10.8 Å². The van der Waals surface area contributed by atoms with Gasteiger partial charge in [0.05, 0.1) is 7.05 Å². The molecule has 0 amide bonds. The number of anilines is 1. The van der Waals surface area contributed by atoms with Crippen LogP contribution in [0.2, 0.25) is 0 Å². The first kappa shape index (κ1) is 14.7. The van der Waals surface area contributed by atoms with Crippen LogP contribution < -0.4 is 4.90 Å². The van der Waals surface area contributed by atoms with Crippen LogP contribution in [0, 0.1) is 20.1 Å². The van der Waals surface area contributed by atoms with E-state index in [1.54, 1.807) is 0 Å². The summed E-state index contributed by atoms with van der Waals surface area (Å²) in [5.41, 5.74) is 0.998. The van der Waals surface area contributed by atoms with E-state index in [9.17, 15) is 0 Å². The van der Waals surface area contributed by atoms with Crippen molar-refractivity contribution in [2.75, 3.05) is 18.6 Å². The zero-order valence-electron chi connectivity index (χ0n) is 9.27. The van der Waals surface area contributed by atoms with E-state index in [2.05, 4.69) is 10.9 Å². The molecule has 0 saturated carbocycles. The van der Waals surface area contributed by atoms with Gasteiger partial charge in [0.25, 0.3) is 0 Å². The molecule has 0 spiro atoms. The first-order valence-electron chi connectivity index (χ1n) is 4.35. The second-order valence-corrected chi connectivity index (χ2v) is 3.16. The summed E-state index contributed by atoms with van der Waals surface area (Å²) in [4.78, 5) is 7.34. The Morgan fingerprint density at radius 2 is 2.19 bits per heavy atom. The minimum absolute atomic E-state index is 0. The van der Waals surface area contributed by atoms with Crippen LogP contribution in [-0.4, -0.2) is 18.6 Å². The number of para-hydroxylation sites is 1. The molecular weight excluding hydrogens is 289 g/mol. The number of nitrogens with zero attached hydrogens (tertiary/aromatic N) is 3. The van der Waals surface area contributed by atoms with Gasteiger partial charge in [0.2, 0.25) is 5.82 Å². The van der Waals surface area contributed by atoms with Gasteiger partial charge in [-0.3, -0.25) is 0 Å². The fraction of sp³-hybridized carbons (Fsp3) is 0.167. The maximum Gasteiger partial charge on any atom is 2.00 e. The molecule has 0 aromatic heterocycles. The molecule has 1 radical (unpaired) electrons. The molecule has 0 bridgehead atoms. The molecule has 1 aromatic rings. The fourth-order valence-corrected chi connectivity index (χ4v) is 1.40. The first-order valence-corrected chi connectivity index (χ1v) is 4.35. The van der Waals surface area contributed by atoms with Gasteiger partial charge in [-0.1, -0.05) is 12.3 Å². The summed E-state index contributed by atoms with van der Waals surface area (Å²) >= 11 is 0. The quantitative estimate of drug-likeness (QED) is 0.582. The van der Waals surface area contributed by atoms with Crippen molar-refractivity contribution in [3.05, 3.63) is 61.2 Å². The third kappa shape index (κ3) is 2.84. The molecule has 0 N–H and O–H groups in total. The van der Waals surface area contributed by atoms with Crippen LogP contribution in [0.15, 0.2) is 36.3 Å². The molecular formula is C12H13N3Rh. The van der Waals surface area contributed by atoms with Crippen molar-refractivity contribution < 1.29 is 19.5 Å². The molecule has 0 fully saturated rings. The van der Waals surface area contributed by atoms with Crippen molar-refractivity contribution >= 4 is 5.69 Å². The van der Waals surface area contributed by atoms with Crippen LogP contribution in [0.1, 0.15) is 0 Å². The number of rotatable bonds is 1. The second kappa shape index (κ2) is 6.30. The van der Waals surface area contributed by atoms with E-state index in [4.69, 9.17) is 6.57 Å². The maximum absolute atomic E-state index is 6.96. The Morgan fingerprint density at radius 1 is 1.44 bits per heavy atom. The van der Waals surface area contributed by atoms with Crippen molar-refractivity contribution in [1.29, 1.82) is 0 Å². The molecule has 85 valence electrons. The van der Waals surface area contributed by atoms with Crippen LogP contribution in [0.5, 0.6) is 0 Å². The molecule has 0 aliphatic carbocycles. The van der Waals surface area contributed by atoms with E-state index in [0.29, 0.717) is 5.82 Å². The Hall–Kier alpha value is -1.33. The van der Waals surface area contributed by atoms with Gasteiger partial charge in [-0.15, -0.1) is 6.07 Å². The molecule has 1 aromatic carbocycles. The smallest absolute Gasteiger partial charge is 0.363 e. The van der Waals surface area contributed by atoms with E-state index in [0.717, 1.165) is 12.4 Å². The van der Waals surface area contributed by atoms with E-state index >= 15 is 0 Å². The summed E-state index contributed by atoms with van der Waals surface area (Å²) in [6, 6.07) is 10.9. The largest absolute Gasteiger partial charge is 2.00 e. The third-order valence-corrected chi connectivity index (χ3v) is 2.14. The van der Waals surface area contributed by atoms with Crippen molar-refractivity contribution in [2.45, 2.75) is 0 Å². The zero-order chi connectivity index (χ0) is 9.97. The van der Waals surface area contributed by atoms with Crippen molar-refractivity contribution in [3.63, 3.8) is 0 Å². The van der Waals surface area contributed by atoms with Crippen molar-refractivity contribution in [2.24, 2.45) is 0 Å². The maximum atomic E-state index is 6.96. The van der Waals surface area contributed by atoms with Crippen LogP contribution in [0.3, 0.4) is 0 Å². The molecule has 0 unspecified atom stereocenters. The van der Waals surface area contributed by atoms with Crippen LogP contribution >= 0.6 is 0 Å². The Balaban J connectivity index is 0.00000112. The summed E-state index contributed by atoms with van der Waals surface area (Å²) in [5, 5.41) is 0. The van der Waals surface area contributed by atoms with E-state index in [1.165, 1.54) is 0 Å². The van der Waals surface area contributed by atoms with Crippen LogP contribution in [-0.2, 0) is 19.5 Å². The van der Waals surface area contributed by atoms with Crippen LogP contribution in [0.25, 0.3) is 4.85 Å². The molecule has 1 heterocycles. The molecule has 16 heavy (non-hydrogen) atoms. The third-order valence-electron chi connectivity index (χ3n) is 2.14. The summed E-state index contributed by atoms with van der Waals surface area (Å²) < 4.78 is 0. The van der Waals surface area contributed by atoms with Crippen LogP contribution in [0.4, 0.5) is 5.69 Å². The fourth-order valence-electron chi connectivity index (χ4n) is 1.40. The Labute approximate surface area is 110 Å². The van der Waals surface area contributed by atoms with Crippen molar-refractivity contribution in [1.82, 2.24) is 4.90 Å². The van der Waals surface area contributed by atoms with Gasteiger partial charge >= 0.3 is 19.5 Å². The summed E-state index contributed by atoms with van der Waals surface area (Å²) in [5.74, 6) is 0.669. The van der Waals surface area contributed by atoms with Gasteiger partial charge in [0.15, 0.2) is 0 Å². The summed E-state index contributed by atoms with van der Waals surface area (Å²) in [6.45, 7) is 7.68. The van der Waals surface area contributed by atoms with E-state index in [-0.39, 0.29) is 26.9 Å². The molecule has 0 saturated heterocycles. The Kier molecular flexibility index (Phi) is 5.78. The Bertz CT molecular complexity index is 394. The van der Waals surface area contributed by atoms with Gasteiger partial charge in [-0.25, -0.2) is 0 Å². The molecule has 4 heteroatoms. The number of hydrogen-bond acceptors (Lipinski definition) is 2. The standard InChI is InChI=1S/C11H10N3.CH3.Rh/c1-12-11-8-14(9-13(11)2)10-6-4-3-5-7-10;;/h3-6,8H,9H2,2H3;1H3;/q2*-1;+2. The average Bonchev–Trinajstić information content (AvgIpc) is 2.61. The average molecular weight is 302 g/mol. The molecule has 2 rings (SSSR count). The Morgan fingerprint density at radius 3 is 2.69 bits per heavy atom. The number of hydrogen-bond donors (Lipinski definition) is 0.